The summed E-state index contributed by atoms with van der Waals surface area (Å²) in [4.78, 5) is 37.6. The number of hydrogen-bond acceptors (Lipinski definition) is 7. The zero-order valence-electron chi connectivity index (χ0n) is 55.3. The van der Waals surface area contributed by atoms with Crippen LogP contribution in [-0.2, 0) is 33.3 Å². The van der Waals surface area contributed by atoms with Gasteiger partial charge in [0.2, 0.25) is 0 Å². The third kappa shape index (κ3) is 65.7. The number of esters is 2. The van der Waals surface area contributed by atoms with Crippen molar-refractivity contribution < 1.29 is 42.9 Å². The third-order valence-corrected chi connectivity index (χ3v) is 15.1. The maximum absolute atomic E-state index is 12.9. The van der Waals surface area contributed by atoms with Crippen molar-refractivity contribution in [3.8, 4) is 0 Å². The third-order valence-electron chi connectivity index (χ3n) is 15.1. The molecule has 0 rings (SSSR count). The Morgan fingerprint density at radius 2 is 0.679 bits per heavy atom. The Kier molecular flexibility index (Phi) is 62.2. The molecule has 2 atom stereocenters. The number of likely N-dealkylation sites (N-methyl/N-ethyl adjacent to an activating group) is 1. The van der Waals surface area contributed by atoms with Crippen molar-refractivity contribution in [2.24, 2.45) is 0 Å². The number of aliphatic carboxylic acids is 1. The Bertz CT molecular complexity index is 1700. The van der Waals surface area contributed by atoms with Gasteiger partial charge in [-0.3, -0.25) is 9.59 Å². The molecule has 0 fully saturated rings. The number of nitrogens with zero attached hydrogens (tertiary/aromatic N) is 1. The summed E-state index contributed by atoms with van der Waals surface area (Å²) >= 11 is 0. The van der Waals surface area contributed by atoms with Crippen molar-refractivity contribution in [3.63, 3.8) is 0 Å². The molecule has 0 aliphatic rings. The van der Waals surface area contributed by atoms with Crippen molar-refractivity contribution in [3.05, 3.63) is 97.2 Å². The first-order valence-electron chi connectivity index (χ1n) is 34.9. The minimum atomic E-state index is -1.52. The number of unbranched alkanes of at least 4 members (excludes halogenated alkanes) is 33. The van der Waals surface area contributed by atoms with Crippen LogP contribution in [0.1, 0.15) is 303 Å². The van der Waals surface area contributed by atoms with E-state index in [1.807, 2.05) is 21.1 Å². The molecular formula is C75H132NO8+. The van der Waals surface area contributed by atoms with Crippen LogP contribution in [0, 0.1) is 0 Å². The molecule has 1 N–H and O–H groups in total. The number of ether oxygens (including phenoxy) is 4. The van der Waals surface area contributed by atoms with E-state index in [0.29, 0.717) is 23.9 Å². The Labute approximate surface area is 518 Å². The number of hydrogen-bond donors (Lipinski definition) is 1. The van der Waals surface area contributed by atoms with Gasteiger partial charge in [-0.2, -0.15) is 0 Å². The summed E-state index contributed by atoms with van der Waals surface area (Å²) in [6.45, 7) is 4.76. The molecule has 84 heavy (non-hydrogen) atoms. The van der Waals surface area contributed by atoms with Crippen LogP contribution in [0.25, 0.3) is 0 Å². The second-order valence-electron chi connectivity index (χ2n) is 24.5. The fourth-order valence-electron chi connectivity index (χ4n) is 9.80. The van der Waals surface area contributed by atoms with Crippen LogP contribution in [-0.4, -0.2) is 87.4 Å². The molecular weight excluding hydrogens is 1040 g/mol. The summed E-state index contributed by atoms with van der Waals surface area (Å²) in [7, 11) is 5.97. The van der Waals surface area contributed by atoms with E-state index in [4.69, 9.17) is 18.9 Å². The molecule has 0 amide bonds. The van der Waals surface area contributed by atoms with Gasteiger partial charge in [0, 0.05) is 12.8 Å². The Hall–Kier alpha value is -3.79. The van der Waals surface area contributed by atoms with E-state index < -0.39 is 24.3 Å². The number of carbonyl (C=O) groups is 3. The summed E-state index contributed by atoms with van der Waals surface area (Å²) < 4.78 is 22.9. The van der Waals surface area contributed by atoms with Crippen LogP contribution in [0.15, 0.2) is 97.2 Å². The zero-order chi connectivity index (χ0) is 61.2. The van der Waals surface area contributed by atoms with Crippen molar-refractivity contribution in [2.75, 3.05) is 47.5 Å². The minimum absolute atomic E-state index is 0.179. The second-order valence-corrected chi connectivity index (χ2v) is 24.5. The summed E-state index contributed by atoms with van der Waals surface area (Å²) in [6, 6.07) is 0. The van der Waals surface area contributed by atoms with Crippen molar-refractivity contribution >= 4 is 17.9 Å². The highest BCUT2D eigenvalue weighted by molar-refractivity contribution is 5.71. The van der Waals surface area contributed by atoms with Crippen molar-refractivity contribution in [2.45, 2.75) is 315 Å². The molecule has 484 valence electrons. The molecule has 0 bridgehead atoms. The maximum Gasteiger partial charge on any atom is 0.361 e. The average molecular weight is 1180 g/mol. The highest BCUT2D eigenvalue weighted by Gasteiger charge is 2.25. The molecule has 2 unspecified atom stereocenters. The Balaban J connectivity index is 4.18. The monoisotopic (exact) mass is 1170 g/mol. The molecule has 0 radical (unpaired) electrons. The van der Waals surface area contributed by atoms with Gasteiger partial charge in [0.05, 0.1) is 34.4 Å². The lowest BCUT2D eigenvalue weighted by atomic mass is 10.0. The lowest BCUT2D eigenvalue weighted by Crippen LogP contribution is -2.40. The summed E-state index contributed by atoms with van der Waals surface area (Å²) in [6.07, 6.45) is 86.7. The molecule has 0 aliphatic carbocycles. The van der Waals surface area contributed by atoms with Gasteiger partial charge < -0.3 is 28.5 Å². The molecule has 0 heterocycles. The van der Waals surface area contributed by atoms with Crippen LogP contribution >= 0.6 is 0 Å². The van der Waals surface area contributed by atoms with E-state index in [1.165, 1.54) is 173 Å². The fraction of sp³-hybridized carbons (Fsp3) is 0.747. The number of allylic oxidation sites excluding steroid dienone is 16. The molecule has 0 saturated heterocycles. The van der Waals surface area contributed by atoms with Crippen LogP contribution in [0.4, 0.5) is 0 Å². The standard InChI is InChI=1S/C75H131NO8/c1-6-8-10-12-14-16-18-20-22-24-26-28-30-32-34-36-38-39-41-43-45-47-49-51-53-55-57-59-61-63-65-72(77)82-69-71(70-83-75(74(79)80)81-68-67-76(3,4)5)84-73(78)66-64-62-60-58-56-54-52-50-48-46-44-42-40-37-35-33-31-29-27-25-23-21-19-17-15-13-11-9-7-2/h9,11,15,17,21,23,27,29,33,35,40,42,46,48,52,54,71,75H,6-8,10,12-14,16,18-20,22,24-26,28,30-32,34,36-39,41,43-45,47,49-51,53,55-70H2,1-5H3/p+1/b11-9-,17-15-,23-21-,29-27-,35-33-,42-40-,48-46-,54-52-. The molecule has 0 aromatic rings. The van der Waals surface area contributed by atoms with Gasteiger partial charge in [-0.25, -0.2) is 4.79 Å². The topological polar surface area (TPSA) is 108 Å². The van der Waals surface area contributed by atoms with Crippen LogP contribution in [0.5, 0.6) is 0 Å². The Morgan fingerprint density at radius 1 is 0.369 bits per heavy atom. The van der Waals surface area contributed by atoms with Gasteiger partial charge >= 0.3 is 17.9 Å². The van der Waals surface area contributed by atoms with E-state index in [0.717, 1.165) is 96.3 Å². The largest absolute Gasteiger partial charge is 0.477 e. The second kappa shape index (κ2) is 65.2. The number of carboxylic acid groups (broad SMARTS) is 1. The molecule has 0 saturated carbocycles. The average Bonchev–Trinajstić information content (AvgIpc) is 3.55. The summed E-state index contributed by atoms with van der Waals surface area (Å²) in [5.74, 6) is -2.03. The van der Waals surface area contributed by atoms with E-state index in [9.17, 15) is 19.5 Å². The summed E-state index contributed by atoms with van der Waals surface area (Å²) in [5.41, 5.74) is 0. The molecule has 0 spiro atoms. The van der Waals surface area contributed by atoms with Crippen molar-refractivity contribution in [1.82, 2.24) is 0 Å². The lowest BCUT2D eigenvalue weighted by molar-refractivity contribution is -0.870. The van der Waals surface area contributed by atoms with Crippen molar-refractivity contribution in [1.29, 1.82) is 0 Å². The number of carbonyl (C=O) groups excluding carboxylic acids is 2. The van der Waals surface area contributed by atoms with E-state index in [2.05, 4.69) is 111 Å². The zero-order valence-corrected chi connectivity index (χ0v) is 55.3. The van der Waals surface area contributed by atoms with E-state index >= 15 is 0 Å². The van der Waals surface area contributed by atoms with Crippen LogP contribution in [0.3, 0.4) is 0 Å². The number of rotatable bonds is 64. The van der Waals surface area contributed by atoms with Gasteiger partial charge in [-0.15, -0.1) is 0 Å². The molecule has 9 heteroatoms. The normalized spacial score (nSPS) is 13.3. The highest BCUT2D eigenvalue weighted by Crippen LogP contribution is 2.18. The van der Waals surface area contributed by atoms with Gasteiger partial charge in [0.1, 0.15) is 13.2 Å². The summed E-state index contributed by atoms with van der Waals surface area (Å²) in [5, 5.41) is 9.74. The molecule has 0 aliphatic heterocycles. The smallest absolute Gasteiger partial charge is 0.361 e. The molecule has 0 aromatic carbocycles. The van der Waals surface area contributed by atoms with Crippen LogP contribution in [0.2, 0.25) is 0 Å². The Morgan fingerprint density at radius 3 is 1.01 bits per heavy atom. The predicted molar refractivity (Wildman–Crippen MR) is 359 cm³/mol. The molecule has 0 aromatic heterocycles. The highest BCUT2D eigenvalue weighted by atomic mass is 16.7. The van der Waals surface area contributed by atoms with Crippen LogP contribution < -0.4 is 0 Å². The van der Waals surface area contributed by atoms with E-state index in [1.54, 1.807) is 0 Å². The first-order chi connectivity index (χ1) is 41.1. The first-order valence-corrected chi connectivity index (χ1v) is 34.9. The van der Waals surface area contributed by atoms with Gasteiger partial charge in [0.25, 0.3) is 6.29 Å². The SMILES string of the molecule is CC/C=C\C/C=C\C/C=C\C/C=C\C/C=C\C/C=C\C/C=C\C/C=C\CCCCCCC(=O)OC(COC(=O)CCCCCCCCCCCCCCCCCCCCCCCCCCCCCCCC)COC(OCC[N+](C)(C)C)C(=O)O. The predicted octanol–water partition coefficient (Wildman–Crippen LogP) is 21.6. The first kappa shape index (κ1) is 80.2. The van der Waals surface area contributed by atoms with Gasteiger partial charge in [-0.05, 0) is 77.0 Å². The number of carboxylic acids is 1. The quantitative estimate of drug-likeness (QED) is 0.0211. The number of quaternary nitrogens is 1. The van der Waals surface area contributed by atoms with E-state index in [-0.39, 0.29) is 32.2 Å². The molecule has 9 nitrogen and oxygen atoms in total. The fourth-order valence-corrected chi connectivity index (χ4v) is 9.80. The van der Waals surface area contributed by atoms with Gasteiger partial charge in [-0.1, -0.05) is 310 Å². The minimum Gasteiger partial charge on any atom is -0.477 e. The van der Waals surface area contributed by atoms with Gasteiger partial charge in [0.15, 0.2) is 6.10 Å². The maximum atomic E-state index is 12.9. The lowest BCUT2D eigenvalue weighted by Gasteiger charge is -2.25.